The van der Waals surface area contributed by atoms with Gasteiger partial charge in [0.15, 0.2) is 0 Å². The quantitative estimate of drug-likeness (QED) is 0.731. The summed E-state index contributed by atoms with van der Waals surface area (Å²) in [6.45, 7) is 2.00. The first-order chi connectivity index (χ1) is 9.16. The number of carbonyl (C=O) groups is 1. The van der Waals surface area contributed by atoms with Gasteiger partial charge in [0, 0.05) is 6.42 Å². The van der Waals surface area contributed by atoms with E-state index >= 15 is 0 Å². The van der Waals surface area contributed by atoms with Crippen LogP contribution in [0.3, 0.4) is 0 Å². The van der Waals surface area contributed by atoms with Crippen molar-refractivity contribution in [1.29, 1.82) is 0 Å². The lowest BCUT2D eigenvalue weighted by atomic mass is 9.91. The minimum absolute atomic E-state index is 0.224. The average molecular weight is 273 g/mol. The molecule has 1 atom stereocenters. The Morgan fingerprint density at radius 1 is 1.16 bits per heavy atom. The second-order valence-corrected chi connectivity index (χ2v) is 5.13. The molecule has 0 N–H and O–H groups in total. The third-order valence-corrected chi connectivity index (χ3v) is 3.83. The molecule has 0 bridgehead atoms. The van der Waals surface area contributed by atoms with Crippen LogP contribution in [0.25, 0.3) is 0 Å². The molecule has 0 fully saturated rings. The molecule has 3 rings (SSSR count). The number of hydrogen-bond donors (Lipinski definition) is 0. The number of ether oxygens (including phenoxy) is 1. The summed E-state index contributed by atoms with van der Waals surface area (Å²) >= 11 is 6.10. The van der Waals surface area contributed by atoms with Crippen molar-refractivity contribution in [1.82, 2.24) is 0 Å². The van der Waals surface area contributed by atoms with Gasteiger partial charge in [-0.05, 0) is 29.7 Å². The largest absolute Gasteiger partial charge is 0.453 e. The maximum Gasteiger partial charge on any atom is 0.340 e. The number of hydrogen-bond acceptors (Lipinski definition) is 2. The van der Waals surface area contributed by atoms with Gasteiger partial charge in [0.05, 0.1) is 10.6 Å². The highest BCUT2D eigenvalue weighted by atomic mass is 35.5. The predicted octanol–water partition coefficient (Wildman–Crippen LogP) is 4.10. The fourth-order valence-electron chi connectivity index (χ4n) is 2.48. The van der Waals surface area contributed by atoms with Gasteiger partial charge in [-0.25, -0.2) is 4.79 Å². The summed E-state index contributed by atoms with van der Waals surface area (Å²) in [7, 11) is 0. The van der Waals surface area contributed by atoms with Crippen molar-refractivity contribution in [2.75, 3.05) is 0 Å². The fourth-order valence-corrected chi connectivity index (χ4v) is 2.73. The van der Waals surface area contributed by atoms with Crippen molar-refractivity contribution in [3.63, 3.8) is 0 Å². The Morgan fingerprint density at radius 3 is 2.63 bits per heavy atom. The number of halogens is 1. The number of cyclic esters (lactones) is 1. The fraction of sp³-hybridized carbons (Fsp3) is 0.188. The van der Waals surface area contributed by atoms with Crippen molar-refractivity contribution in [3.05, 3.63) is 69.7 Å². The average Bonchev–Trinajstić information content (AvgIpc) is 2.43. The summed E-state index contributed by atoms with van der Waals surface area (Å²) in [5.41, 5.74) is 3.62. The molecule has 0 amide bonds. The van der Waals surface area contributed by atoms with Crippen LogP contribution in [-0.2, 0) is 11.2 Å². The van der Waals surface area contributed by atoms with Gasteiger partial charge in [0.2, 0.25) is 0 Å². The molecule has 1 aliphatic rings. The Morgan fingerprint density at radius 2 is 1.89 bits per heavy atom. The lowest BCUT2D eigenvalue weighted by molar-refractivity contribution is 0.0252. The molecule has 1 heterocycles. The molecule has 0 radical (unpaired) electrons. The number of benzene rings is 2. The van der Waals surface area contributed by atoms with Crippen molar-refractivity contribution in [3.8, 4) is 0 Å². The van der Waals surface area contributed by atoms with Gasteiger partial charge in [-0.3, -0.25) is 0 Å². The second-order valence-electron chi connectivity index (χ2n) is 4.73. The molecule has 0 aromatic heterocycles. The number of carbonyl (C=O) groups excluding carboxylic acids is 1. The Hall–Kier alpha value is -1.80. The normalized spacial score (nSPS) is 17.8. The Labute approximate surface area is 117 Å². The van der Waals surface area contributed by atoms with Gasteiger partial charge < -0.3 is 4.74 Å². The summed E-state index contributed by atoms with van der Waals surface area (Å²) in [5, 5.41) is 0.470. The molecule has 2 nitrogen and oxygen atoms in total. The van der Waals surface area contributed by atoms with Gasteiger partial charge in [0.1, 0.15) is 6.10 Å². The van der Waals surface area contributed by atoms with Crippen LogP contribution in [-0.4, -0.2) is 5.97 Å². The molecule has 2 aromatic rings. The van der Waals surface area contributed by atoms with Crippen LogP contribution in [0.4, 0.5) is 0 Å². The van der Waals surface area contributed by atoms with Gasteiger partial charge in [-0.15, -0.1) is 0 Å². The minimum Gasteiger partial charge on any atom is -0.453 e. The maximum absolute atomic E-state index is 12.1. The van der Waals surface area contributed by atoms with Crippen molar-refractivity contribution < 1.29 is 9.53 Å². The van der Waals surface area contributed by atoms with E-state index in [-0.39, 0.29) is 12.1 Å². The molecular formula is C16H13ClO2. The molecule has 0 spiro atoms. The smallest absolute Gasteiger partial charge is 0.340 e. The lowest BCUT2D eigenvalue weighted by Crippen LogP contribution is -2.23. The first kappa shape index (κ1) is 12.2. The van der Waals surface area contributed by atoms with E-state index in [4.69, 9.17) is 16.3 Å². The number of aryl methyl sites for hydroxylation is 1. The van der Waals surface area contributed by atoms with Crippen LogP contribution in [0.1, 0.15) is 33.2 Å². The molecule has 2 aromatic carbocycles. The monoisotopic (exact) mass is 272 g/mol. The van der Waals surface area contributed by atoms with E-state index in [1.165, 1.54) is 0 Å². The van der Waals surface area contributed by atoms with E-state index in [0.29, 0.717) is 17.0 Å². The zero-order valence-corrected chi connectivity index (χ0v) is 11.3. The summed E-state index contributed by atoms with van der Waals surface area (Å²) < 4.78 is 5.51. The maximum atomic E-state index is 12.1. The van der Waals surface area contributed by atoms with Crippen LogP contribution in [0.2, 0.25) is 5.02 Å². The SMILES string of the molecule is Cc1ccc(Cl)c2c1CC(c1ccccc1)OC2=O. The Bertz CT molecular complexity index is 635. The van der Waals surface area contributed by atoms with E-state index in [9.17, 15) is 4.79 Å². The minimum atomic E-state index is -0.330. The van der Waals surface area contributed by atoms with E-state index in [0.717, 1.165) is 16.7 Å². The summed E-state index contributed by atoms with van der Waals surface area (Å²) in [4.78, 5) is 12.1. The molecule has 1 aliphatic heterocycles. The molecular weight excluding hydrogens is 260 g/mol. The number of rotatable bonds is 1. The first-order valence-corrected chi connectivity index (χ1v) is 6.58. The predicted molar refractivity (Wildman–Crippen MR) is 74.5 cm³/mol. The lowest BCUT2D eigenvalue weighted by Gasteiger charge is -2.26. The van der Waals surface area contributed by atoms with Gasteiger partial charge in [-0.2, -0.15) is 0 Å². The molecule has 0 aliphatic carbocycles. The first-order valence-electron chi connectivity index (χ1n) is 6.20. The van der Waals surface area contributed by atoms with Crippen LogP contribution < -0.4 is 0 Å². The third kappa shape index (κ3) is 2.13. The van der Waals surface area contributed by atoms with Crippen molar-refractivity contribution in [2.45, 2.75) is 19.4 Å². The highest BCUT2D eigenvalue weighted by Crippen LogP contribution is 2.35. The standard InChI is InChI=1S/C16H13ClO2/c1-10-7-8-13(17)15-12(10)9-14(19-16(15)18)11-5-3-2-4-6-11/h2-8,14H,9H2,1H3. The Kier molecular flexibility index (Phi) is 3.03. The van der Waals surface area contributed by atoms with E-state index in [2.05, 4.69) is 0 Å². The highest BCUT2D eigenvalue weighted by molar-refractivity contribution is 6.33. The summed E-state index contributed by atoms with van der Waals surface area (Å²) in [6, 6.07) is 13.5. The van der Waals surface area contributed by atoms with Crippen LogP contribution in [0.5, 0.6) is 0 Å². The van der Waals surface area contributed by atoms with Crippen molar-refractivity contribution in [2.24, 2.45) is 0 Å². The Balaban J connectivity index is 2.05. The summed E-state index contributed by atoms with van der Waals surface area (Å²) in [5.74, 6) is -0.330. The molecule has 0 saturated carbocycles. The highest BCUT2D eigenvalue weighted by Gasteiger charge is 2.30. The number of fused-ring (bicyclic) bond motifs is 1. The second kappa shape index (κ2) is 4.71. The van der Waals surface area contributed by atoms with Crippen LogP contribution in [0.15, 0.2) is 42.5 Å². The van der Waals surface area contributed by atoms with E-state index < -0.39 is 0 Å². The van der Waals surface area contributed by atoms with E-state index in [1.54, 1.807) is 6.07 Å². The topological polar surface area (TPSA) is 26.3 Å². The molecule has 1 unspecified atom stereocenters. The van der Waals surface area contributed by atoms with Gasteiger partial charge >= 0.3 is 5.97 Å². The zero-order valence-electron chi connectivity index (χ0n) is 10.5. The molecule has 19 heavy (non-hydrogen) atoms. The summed E-state index contributed by atoms with van der Waals surface area (Å²) in [6.07, 6.45) is 0.454. The van der Waals surface area contributed by atoms with Crippen LogP contribution in [0, 0.1) is 6.92 Å². The van der Waals surface area contributed by atoms with Crippen molar-refractivity contribution >= 4 is 17.6 Å². The zero-order chi connectivity index (χ0) is 13.4. The van der Waals surface area contributed by atoms with Crippen LogP contribution >= 0.6 is 11.6 Å². The number of esters is 1. The molecule has 3 heteroatoms. The third-order valence-electron chi connectivity index (χ3n) is 3.51. The van der Waals surface area contributed by atoms with Gasteiger partial charge in [0.25, 0.3) is 0 Å². The van der Waals surface area contributed by atoms with E-state index in [1.807, 2.05) is 43.3 Å². The van der Waals surface area contributed by atoms with Gasteiger partial charge in [-0.1, -0.05) is 48.0 Å². The molecule has 0 saturated heterocycles. The molecule has 96 valence electrons.